The van der Waals surface area contributed by atoms with Crippen LogP contribution >= 0.6 is 12.2 Å². The Morgan fingerprint density at radius 3 is 2.40 bits per heavy atom. The number of aromatic nitrogens is 2. The predicted octanol–water partition coefficient (Wildman–Crippen LogP) is 4.90. The molecule has 0 aliphatic carbocycles. The van der Waals surface area contributed by atoms with Crippen LogP contribution in [0.1, 0.15) is 5.56 Å². The Hall–Kier alpha value is -3.05. The van der Waals surface area contributed by atoms with Crippen LogP contribution in [0.15, 0.2) is 67.0 Å². The fraction of sp³-hybridized carbons (Fsp3) is 0.0500. The van der Waals surface area contributed by atoms with Crippen molar-refractivity contribution in [2.24, 2.45) is 0 Å². The molecule has 122 valence electrons. The van der Waals surface area contributed by atoms with Crippen molar-refractivity contribution in [1.29, 1.82) is 0 Å². The highest BCUT2D eigenvalue weighted by Gasteiger charge is 2.09. The minimum absolute atomic E-state index is 0.527. The fourth-order valence-corrected chi connectivity index (χ4v) is 3.04. The van der Waals surface area contributed by atoms with Crippen molar-refractivity contribution in [3.05, 3.63) is 72.6 Å². The molecule has 0 saturated heterocycles. The molecule has 0 spiro atoms. The van der Waals surface area contributed by atoms with Crippen molar-refractivity contribution in [1.82, 2.24) is 9.97 Å². The molecule has 0 aliphatic rings. The molecular weight excluding hydrogens is 328 g/mol. The number of pyridine rings is 2. The summed E-state index contributed by atoms with van der Waals surface area (Å²) in [6.45, 7) is 2.06. The minimum atomic E-state index is 0.527. The normalized spacial score (nSPS) is 10.8. The zero-order chi connectivity index (χ0) is 17.2. The van der Waals surface area contributed by atoms with E-state index in [1.807, 2.05) is 54.6 Å². The number of rotatable bonds is 2. The number of benzene rings is 2. The van der Waals surface area contributed by atoms with Gasteiger partial charge in [-0.3, -0.25) is 9.97 Å². The standard InChI is InChI=1S/C20H16N4S/c1-13-6-8-15(9-7-13)23-20(25)24-17-12-14-4-2-10-21-18(14)16-5-3-11-22-19(16)17/h2-12H,1H3,(H2,23,24,25). The Morgan fingerprint density at radius 1 is 0.880 bits per heavy atom. The Bertz CT molecular complexity index is 1070. The molecule has 2 N–H and O–H groups in total. The van der Waals surface area contributed by atoms with Gasteiger partial charge in [0, 0.05) is 28.9 Å². The second kappa shape index (κ2) is 6.45. The lowest BCUT2D eigenvalue weighted by atomic mass is 10.1. The Balaban J connectivity index is 1.70. The molecule has 0 saturated carbocycles. The summed E-state index contributed by atoms with van der Waals surface area (Å²) in [5.74, 6) is 0. The molecule has 0 atom stereocenters. The topological polar surface area (TPSA) is 49.8 Å². The van der Waals surface area contributed by atoms with Gasteiger partial charge in [0.2, 0.25) is 0 Å². The van der Waals surface area contributed by atoms with E-state index in [4.69, 9.17) is 12.2 Å². The van der Waals surface area contributed by atoms with E-state index in [2.05, 4.69) is 27.5 Å². The molecule has 0 bridgehead atoms. The second-order valence-electron chi connectivity index (χ2n) is 5.84. The fourth-order valence-electron chi connectivity index (χ4n) is 2.81. The summed E-state index contributed by atoms with van der Waals surface area (Å²) >= 11 is 5.47. The largest absolute Gasteiger partial charge is 0.332 e. The third-order valence-corrected chi connectivity index (χ3v) is 4.22. The van der Waals surface area contributed by atoms with E-state index in [1.165, 1.54) is 5.56 Å². The number of nitrogens with one attached hydrogen (secondary N) is 2. The minimum Gasteiger partial charge on any atom is -0.332 e. The molecule has 0 amide bonds. The smallest absolute Gasteiger partial charge is 0.175 e. The van der Waals surface area contributed by atoms with Gasteiger partial charge in [-0.15, -0.1) is 0 Å². The number of thiocarbonyl (C=S) groups is 1. The number of fused-ring (bicyclic) bond motifs is 3. The van der Waals surface area contributed by atoms with Crippen LogP contribution in [0.5, 0.6) is 0 Å². The monoisotopic (exact) mass is 344 g/mol. The second-order valence-corrected chi connectivity index (χ2v) is 6.25. The van der Waals surface area contributed by atoms with Crippen molar-refractivity contribution in [3.8, 4) is 0 Å². The van der Waals surface area contributed by atoms with Gasteiger partial charge < -0.3 is 10.6 Å². The van der Waals surface area contributed by atoms with E-state index in [1.54, 1.807) is 12.4 Å². The lowest BCUT2D eigenvalue weighted by Gasteiger charge is -2.13. The number of anilines is 2. The average Bonchev–Trinajstić information content (AvgIpc) is 2.64. The SMILES string of the molecule is Cc1ccc(NC(=S)Nc2cc3cccnc3c3cccnc23)cc1. The van der Waals surface area contributed by atoms with Crippen LogP contribution in [0.25, 0.3) is 21.8 Å². The number of nitrogens with zero attached hydrogens (tertiary/aromatic N) is 2. The van der Waals surface area contributed by atoms with Crippen LogP contribution in [-0.4, -0.2) is 15.1 Å². The van der Waals surface area contributed by atoms with Crippen LogP contribution in [0, 0.1) is 6.92 Å². The predicted molar refractivity (Wildman–Crippen MR) is 108 cm³/mol. The van der Waals surface area contributed by atoms with Gasteiger partial charge in [-0.1, -0.05) is 23.8 Å². The lowest BCUT2D eigenvalue weighted by Crippen LogP contribution is -2.19. The van der Waals surface area contributed by atoms with Crippen molar-refractivity contribution >= 4 is 50.5 Å². The first-order chi connectivity index (χ1) is 12.2. The van der Waals surface area contributed by atoms with E-state index in [0.717, 1.165) is 33.2 Å². The molecule has 4 aromatic rings. The van der Waals surface area contributed by atoms with E-state index < -0.39 is 0 Å². The summed E-state index contributed by atoms with van der Waals surface area (Å²) in [4.78, 5) is 9.00. The highest BCUT2D eigenvalue weighted by molar-refractivity contribution is 7.80. The van der Waals surface area contributed by atoms with Gasteiger partial charge in [0.15, 0.2) is 5.11 Å². The molecule has 2 aromatic heterocycles. The summed E-state index contributed by atoms with van der Waals surface area (Å²) < 4.78 is 0. The number of aryl methyl sites for hydroxylation is 1. The molecule has 4 nitrogen and oxygen atoms in total. The van der Waals surface area contributed by atoms with Crippen LogP contribution in [0.4, 0.5) is 11.4 Å². The molecule has 0 aliphatic heterocycles. The van der Waals surface area contributed by atoms with Crippen LogP contribution in [0.2, 0.25) is 0 Å². The van der Waals surface area contributed by atoms with Gasteiger partial charge in [-0.2, -0.15) is 0 Å². The van der Waals surface area contributed by atoms with Crippen LogP contribution in [0.3, 0.4) is 0 Å². The molecule has 0 fully saturated rings. The van der Waals surface area contributed by atoms with Crippen molar-refractivity contribution in [2.75, 3.05) is 10.6 Å². The summed E-state index contributed by atoms with van der Waals surface area (Å²) in [6.07, 6.45) is 3.57. The first-order valence-corrected chi connectivity index (χ1v) is 8.39. The average molecular weight is 344 g/mol. The molecule has 0 radical (unpaired) electrons. The first kappa shape index (κ1) is 15.5. The highest BCUT2D eigenvalue weighted by atomic mass is 32.1. The molecule has 5 heteroatoms. The Morgan fingerprint density at radius 2 is 1.60 bits per heavy atom. The third-order valence-electron chi connectivity index (χ3n) is 4.01. The molecule has 2 heterocycles. The van der Waals surface area contributed by atoms with E-state index in [-0.39, 0.29) is 0 Å². The number of hydrogen-bond acceptors (Lipinski definition) is 3. The van der Waals surface area contributed by atoms with Crippen molar-refractivity contribution in [3.63, 3.8) is 0 Å². The van der Waals surface area contributed by atoms with Gasteiger partial charge in [0.1, 0.15) is 0 Å². The van der Waals surface area contributed by atoms with E-state index >= 15 is 0 Å². The molecule has 0 unspecified atom stereocenters. The molecule has 4 rings (SSSR count). The third kappa shape index (κ3) is 3.14. The van der Waals surface area contributed by atoms with Crippen molar-refractivity contribution < 1.29 is 0 Å². The molecule has 25 heavy (non-hydrogen) atoms. The van der Waals surface area contributed by atoms with Crippen molar-refractivity contribution in [2.45, 2.75) is 6.92 Å². The zero-order valence-corrected chi connectivity index (χ0v) is 14.5. The van der Waals surface area contributed by atoms with Gasteiger partial charge >= 0.3 is 0 Å². The summed E-state index contributed by atoms with van der Waals surface area (Å²) in [6, 6.07) is 18.0. The van der Waals surface area contributed by atoms with Gasteiger partial charge in [0.05, 0.1) is 16.7 Å². The summed E-state index contributed by atoms with van der Waals surface area (Å²) in [7, 11) is 0. The lowest BCUT2D eigenvalue weighted by molar-refractivity contribution is 1.39. The van der Waals surface area contributed by atoms with Crippen LogP contribution in [-0.2, 0) is 0 Å². The molecule has 2 aromatic carbocycles. The maximum absolute atomic E-state index is 5.47. The maximum atomic E-state index is 5.47. The first-order valence-electron chi connectivity index (χ1n) is 7.98. The van der Waals surface area contributed by atoms with E-state index in [0.29, 0.717) is 5.11 Å². The quantitative estimate of drug-likeness (QED) is 0.400. The Labute approximate surface area is 150 Å². The molecular formula is C20H16N4S. The summed E-state index contributed by atoms with van der Waals surface area (Å²) in [5.41, 5.74) is 4.81. The van der Waals surface area contributed by atoms with Gasteiger partial charge in [-0.05, 0) is 55.5 Å². The maximum Gasteiger partial charge on any atom is 0.175 e. The van der Waals surface area contributed by atoms with E-state index in [9.17, 15) is 0 Å². The van der Waals surface area contributed by atoms with Gasteiger partial charge in [-0.25, -0.2) is 0 Å². The zero-order valence-electron chi connectivity index (χ0n) is 13.7. The van der Waals surface area contributed by atoms with Gasteiger partial charge in [0.25, 0.3) is 0 Å². The Kier molecular flexibility index (Phi) is 3.99. The number of hydrogen-bond donors (Lipinski definition) is 2. The highest BCUT2D eigenvalue weighted by Crippen LogP contribution is 2.29. The summed E-state index contributed by atoms with van der Waals surface area (Å²) in [5, 5.41) is 9.05. The van der Waals surface area contributed by atoms with Crippen LogP contribution < -0.4 is 10.6 Å².